The number of hydrogen-bond donors (Lipinski definition) is 1. The van der Waals surface area contributed by atoms with Gasteiger partial charge in [-0.05, 0) is 30.9 Å². The van der Waals surface area contributed by atoms with Gasteiger partial charge in [0.05, 0.1) is 4.90 Å². The molecule has 1 rings (SSSR count). The molecule has 0 aliphatic rings. The number of halogens is 1. The summed E-state index contributed by atoms with van der Waals surface area (Å²) < 4.78 is 26.2. The molecule has 1 aromatic rings. The van der Waals surface area contributed by atoms with E-state index in [1.54, 1.807) is 30.9 Å². The summed E-state index contributed by atoms with van der Waals surface area (Å²) in [5.74, 6) is 0.740. The molecule has 0 amide bonds. The highest BCUT2D eigenvalue weighted by Crippen LogP contribution is 2.24. The first-order chi connectivity index (χ1) is 8.84. The lowest BCUT2D eigenvalue weighted by Gasteiger charge is -2.24. The second-order valence-electron chi connectivity index (χ2n) is 4.28. The Morgan fingerprint density at radius 1 is 1.47 bits per heavy atom. The molecule has 0 aromatic heterocycles. The Morgan fingerprint density at radius 3 is 2.58 bits per heavy atom. The van der Waals surface area contributed by atoms with Gasteiger partial charge in [0, 0.05) is 30.4 Å². The Hall–Kier alpha value is -0.270. The molecule has 0 fully saturated rings. The third-order valence-corrected chi connectivity index (χ3v) is 6.09. The van der Waals surface area contributed by atoms with Crippen molar-refractivity contribution >= 4 is 33.4 Å². The van der Waals surface area contributed by atoms with E-state index in [-0.39, 0.29) is 17.5 Å². The van der Waals surface area contributed by atoms with Crippen molar-refractivity contribution in [3.05, 3.63) is 28.8 Å². The quantitative estimate of drug-likeness (QED) is 0.872. The van der Waals surface area contributed by atoms with Crippen LogP contribution >= 0.6 is 23.4 Å². The van der Waals surface area contributed by atoms with Gasteiger partial charge in [0.1, 0.15) is 0 Å². The van der Waals surface area contributed by atoms with Gasteiger partial charge in [-0.1, -0.05) is 17.7 Å². The van der Waals surface area contributed by atoms with Crippen LogP contribution in [0.15, 0.2) is 23.1 Å². The van der Waals surface area contributed by atoms with Gasteiger partial charge in [0.25, 0.3) is 0 Å². The summed E-state index contributed by atoms with van der Waals surface area (Å²) in [6.07, 6.45) is 1.95. The normalized spacial score (nSPS) is 13.8. The fourth-order valence-corrected chi connectivity index (χ4v) is 4.11. The third kappa shape index (κ3) is 3.86. The molecular weight excluding hydrogens is 304 g/mol. The fourth-order valence-electron chi connectivity index (χ4n) is 1.60. The molecule has 2 N–H and O–H groups in total. The Morgan fingerprint density at radius 2 is 2.11 bits per heavy atom. The van der Waals surface area contributed by atoms with E-state index >= 15 is 0 Å². The van der Waals surface area contributed by atoms with Crippen LogP contribution in [0.5, 0.6) is 0 Å². The summed E-state index contributed by atoms with van der Waals surface area (Å²) in [6, 6.07) is 4.59. The third-order valence-electron chi connectivity index (χ3n) is 2.95. The lowest BCUT2D eigenvalue weighted by atomic mass is 10.2. The molecule has 1 aromatic carbocycles. The number of hydrogen-bond acceptors (Lipinski definition) is 4. The van der Waals surface area contributed by atoms with Gasteiger partial charge >= 0.3 is 0 Å². The molecule has 0 bridgehead atoms. The van der Waals surface area contributed by atoms with E-state index in [9.17, 15) is 8.42 Å². The molecule has 0 heterocycles. The molecule has 4 nitrogen and oxygen atoms in total. The molecule has 1 unspecified atom stereocenters. The standard InChI is InChI=1S/C12H19ClN2O2S2/c1-9(8-18-3)15(2)19(16,17)11-5-4-10(7-14)12(13)6-11/h4-6,9H,7-8,14H2,1-3H3. The van der Waals surface area contributed by atoms with Crippen LogP contribution in [0.25, 0.3) is 0 Å². The molecule has 19 heavy (non-hydrogen) atoms. The molecule has 0 saturated heterocycles. The van der Waals surface area contributed by atoms with Crippen LogP contribution in [-0.4, -0.2) is 37.8 Å². The summed E-state index contributed by atoms with van der Waals surface area (Å²) in [7, 11) is -1.93. The van der Waals surface area contributed by atoms with E-state index in [1.165, 1.54) is 10.4 Å². The molecule has 0 radical (unpaired) electrons. The van der Waals surface area contributed by atoms with Crippen LogP contribution in [0.1, 0.15) is 12.5 Å². The summed E-state index contributed by atoms with van der Waals surface area (Å²) in [5, 5.41) is 0.384. The first-order valence-corrected chi connectivity index (χ1v) is 9.01. The topological polar surface area (TPSA) is 63.4 Å². The van der Waals surface area contributed by atoms with Gasteiger partial charge in [0.2, 0.25) is 10.0 Å². The number of rotatable bonds is 6. The van der Waals surface area contributed by atoms with Crippen molar-refractivity contribution in [3.63, 3.8) is 0 Å². The molecule has 0 saturated carbocycles. The monoisotopic (exact) mass is 322 g/mol. The maximum atomic E-state index is 12.4. The van der Waals surface area contributed by atoms with Crippen molar-refractivity contribution in [2.75, 3.05) is 19.1 Å². The number of sulfonamides is 1. The number of benzene rings is 1. The van der Waals surface area contributed by atoms with E-state index in [0.29, 0.717) is 5.02 Å². The fraction of sp³-hybridized carbons (Fsp3) is 0.500. The zero-order chi connectivity index (χ0) is 14.6. The van der Waals surface area contributed by atoms with Crippen molar-refractivity contribution in [1.82, 2.24) is 4.31 Å². The van der Waals surface area contributed by atoms with Crippen LogP contribution in [0.2, 0.25) is 5.02 Å². The van der Waals surface area contributed by atoms with Gasteiger partial charge in [0.15, 0.2) is 0 Å². The van der Waals surface area contributed by atoms with Gasteiger partial charge in [-0.3, -0.25) is 0 Å². The highest BCUT2D eigenvalue weighted by Gasteiger charge is 2.25. The second-order valence-corrected chi connectivity index (χ2v) is 7.60. The molecular formula is C12H19ClN2O2S2. The van der Waals surface area contributed by atoms with Crippen LogP contribution in [0, 0.1) is 0 Å². The molecule has 108 valence electrons. The minimum absolute atomic E-state index is 0.0760. The maximum absolute atomic E-state index is 12.4. The molecule has 7 heteroatoms. The molecule has 0 aliphatic heterocycles. The molecule has 1 atom stereocenters. The average Bonchev–Trinajstić information content (AvgIpc) is 2.37. The number of nitrogens with two attached hydrogens (primary N) is 1. The number of thioether (sulfide) groups is 1. The average molecular weight is 323 g/mol. The largest absolute Gasteiger partial charge is 0.326 e. The van der Waals surface area contributed by atoms with Crippen molar-refractivity contribution < 1.29 is 8.42 Å². The van der Waals surface area contributed by atoms with E-state index in [2.05, 4.69) is 0 Å². The predicted molar refractivity (Wildman–Crippen MR) is 82.1 cm³/mol. The van der Waals surface area contributed by atoms with Crippen molar-refractivity contribution in [1.29, 1.82) is 0 Å². The van der Waals surface area contributed by atoms with E-state index in [0.717, 1.165) is 11.3 Å². The minimum atomic E-state index is -3.51. The molecule has 0 aliphatic carbocycles. The Bertz CT molecular complexity index is 535. The summed E-state index contributed by atoms with van der Waals surface area (Å²) in [4.78, 5) is 0.199. The minimum Gasteiger partial charge on any atom is -0.326 e. The van der Waals surface area contributed by atoms with E-state index < -0.39 is 10.0 Å². The predicted octanol–water partition coefficient (Wildman–Crippen LogP) is 2.17. The van der Waals surface area contributed by atoms with Crippen LogP contribution in [0.4, 0.5) is 0 Å². The van der Waals surface area contributed by atoms with Crippen molar-refractivity contribution in [2.45, 2.75) is 24.4 Å². The summed E-state index contributed by atoms with van der Waals surface area (Å²) in [5.41, 5.74) is 6.25. The Labute approximate surface area is 124 Å². The zero-order valence-corrected chi connectivity index (χ0v) is 13.6. The first kappa shape index (κ1) is 16.8. The second kappa shape index (κ2) is 6.95. The first-order valence-electron chi connectivity index (χ1n) is 5.80. The van der Waals surface area contributed by atoms with Gasteiger partial charge in [-0.25, -0.2) is 8.42 Å². The smallest absolute Gasteiger partial charge is 0.243 e. The van der Waals surface area contributed by atoms with Crippen molar-refractivity contribution in [3.8, 4) is 0 Å². The molecule has 0 spiro atoms. The summed E-state index contributed by atoms with van der Waals surface area (Å²) in [6.45, 7) is 2.17. The van der Waals surface area contributed by atoms with Gasteiger partial charge < -0.3 is 5.73 Å². The highest BCUT2D eigenvalue weighted by molar-refractivity contribution is 7.98. The van der Waals surface area contributed by atoms with E-state index in [4.69, 9.17) is 17.3 Å². The van der Waals surface area contributed by atoms with Crippen LogP contribution < -0.4 is 5.73 Å². The van der Waals surface area contributed by atoms with E-state index in [1.807, 2.05) is 13.2 Å². The Kier molecular flexibility index (Phi) is 6.14. The van der Waals surface area contributed by atoms with Crippen LogP contribution in [-0.2, 0) is 16.6 Å². The lowest BCUT2D eigenvalue weighted by Crippen LogP contribution is -2.36. The zero-order valence-electron chi connectivity index (χ0n) is 11.3. The SMILES string of the molecule is CSCC(C)N(C)S(=O)(=O)c1ccc(CN)c(Cl)c1. The lowest BCUT2D eigenvalue weighted by molar-refractivity contribution is 0.415. The maximum Gasteiger partial charge on any atom is 0.243 e. The van der Waals surface area contributed by atoms with Crippen molar-refractivity contribution in [2.24, 2.45) is 5.73 Å². The van der Waals surface area contributed by atoms with Crippen LogP contribution in [0.3, 0.4) is 0 Å². The number of nitrogens with zero attached hydrogens (tertiary/aromatic N) is 1. The Balaban J connectivity index is 3.10. The summed E-state index contributed by atoms with van der Waals surface area (Å²) >= 11 is 7.62. The van der Waals surface area contributed by atoms with Gasteiger partial charge in [-0.15, -0.1) is 0 Å². The highest BCUT2D eigenvalue weighted by atomic mass is 35.5. The van der Waals surface area contributed by atoms with Gasteiger partial charge in [-0.2, -0.15) is 16.1 Å².